The van der Waals surface area contributed by atoms with Crippen LogP contribution >= 0.6 is 0 Å². The maximum Gasteiger partial charge on any atom is 0.188 e. The molecule has 1 aliphatic rings. The first-order chi connectivity index (χ1) is 8.15. The molecule has 2 heterocycles. The normalized spacial score (nSPS) is 21.6. The summed E-state index contributed by atoms with van der Waals surface area (Å²) in [5.74, 6) is 0.997. The second kappa shape index (κ2) is 5.35. The number of carbonyl (C=O) groups is 1. The molecule has 1 fully saturated rings. The molecule has 0 N–H and O–H groups in total. The minimum Gasteiger partial charge on any atom is -0.300 e. The van der Waals surface area contributed by atoms with Gasteiger partial charge in [0.2, 0.25) is 0 Å². The number of piperidine rings is 1. The van der Waals surface area contributed by atoms with Crippen LogP contribution in [-0.4, -0.2) is 43.5 Å². The number of likely N-dealkylation sites (tertiary alicyclic amines) is 1. The van der Waals surface area contributed by atoms with Gasteiger partial charge in [-0.1, -0.05) is 6.42 Å². The zero-order valence-electron chi connectivity index (χ0n) is 10.5. The standard InChI is InChI=1S/C11H19N5O/c1-9(17)7-10-5-3-4-6-16(10)8-11-12-14-15(2)13-11/h10H,3-8H2,1-2H3. The fraction of sp³-hybridized carbons (Fsp3) is 0.818. The van der Waals surface area contributed by atoms with E-state index in [2.05, 4.69) is 20.3 Å². The van der Waals surface area contributed by atoms with E-state index in [0.717, 1.165) is 18.8 Å². The van der Waals surface area contributed by atoms with E-state index < -0.39 is 0 Å². The Morgan fingerprint density at radius 1 is 1.47 bits per heavy atom. The van der Waals surface area contributed by atoms with E-state index in [1.54, 1.807) is 14.0 Å². The number of Topliss-reactive ketones (excluding diaryl/α,β-unsaturated/α-hetero) is 1. The quantitative estimate of drug-likeness (QED) is 0.765. The number of rotatable bonds is 4. The van der Waals surface area contributed by atoms with Crippen molar-refractivity contribution in [1.29, 1.82) is 0 Å². The Morgan fingerprint density at radius 2 is 2.29 bits per heavy atom. The lowest BCUT2D eigenvalue weighted by Gasteiger charge is -2.34. The van der Waals surface area contributed by atoms with Gasteiger partial charge in [0.15, 0.2) is 5.82 Å². The molecule has 1 unspecified atom stereocenters. The molecule has 0 saturated carbocycles. The number of aromatic nitrogens is 4. The molecule has 94 valence electrons. The molecule has 1 saturated heterocycles. The Balaban J connectivity index is 1.98. The molecule has 0 radical (unpaired) electrons. The van der Waals surface area contributed by atoms with Crippen LogP contribution in [0.4, 0.5) is 0 Å². The van der Waals surface area contributed by atoms with Gasteiger partial charge in [0.05, 0.1) is 13.6 Å². The van der Waals surface area contributed by atoms with Gasteiger partial charge >= 0.3 is 0 Å². The summed E-state index contributed by atoms with van der Waals surface area (Å²) in [5, 5.41) is 12.0. The van der Waals surface area contributed by atoms with Crippen LogP contribution in [0.2, 0.25) is 0 Å². The van der Waals surface area contributed by atoms with E-state index in [0.29, 0.717) is 19.0 Å². The second-order valence-electron chi connectivity index (χ2n) is 4.72. The zero-order chi connectivity index (χ0) is 12.3. The summed E-state index contributed by atoms with van der Waals surface area (Å²) >= 11 is 0. The summed E-state index contributed by atoms with van der Waals surface area (Å²) in [6.45, 7) is 3.38. The van der Waals surface area contributed by atoms with Gasteiger partial charge in [-0.25, -0.2) is 0 Å². The average Bonchev–Trinajstić information content (AvgIpc) is 2.66. The molecule has 1 atom stereocenters. The van der Waals surface area contributed by atoms with E-state index in [1.807, 2.05) is 0 Å². The molecule has 0 spiro atoms. The Labute approximate surface area is 101 Å². The highest BCUT2D eigenvalue weighted by Gasteiger charge is 2.24. The molecule has 1 aromatic heterocycles. The number of tetrazole rings is 1. The molecule has 17 heavy (non-hydrogen) atoms. The summed E-state index contributed by atoms with van der Waals surface area (Å²) in [6.07, 6.45) is 4.14. The highest BCUT2D eigenvalue weighted by atomic mass is 16.1. The molecule has 6 nitrogen and oxygen atoms in total. The lowest BCUT2D eigenvalue weighted by atomic mass is 9.98. The number of aryl methyl sites for hydroxylation is 1. The monoisotopic (exact) mass is 237 g/mol. The van der Waals surface area contributed by atoms with Crippen molar-refractivity contribution in [3.63, 3.8) is 0 Å². The first kappa shape index (κ1) is 12.2. The van der Waals surface area contributed by atoms with Crippen molar-refractivity contribution in [2.75, 3.05) is 6.54 Å². The third-order valence-electron chi connectivity index (χ3n) is 3.17. The van der Waals surface area contributed by atoms with E-state index in [1.165, 1.54) is 17.6 Å². The fourth-order valence-corrected chi connectivity index (χ4v) is 2.40. The van der Waals surface area contributed by atoms with Crippen molar-refractivity contribution in [2.45, 2.75) is 45.2 Å². The Hall–Kier alpha value is -1.30. The van der Waals surface area contributed by atoms with Crippen LogP contribution in [0.5, 0.6) is 0 Å². The number of nitrogens with zero attached hydrogens (tertiary/aromatic N) is 5. The molecule has 0 bridgehead atoms. The van der Waals surface area contributed by atoms with Crippen molar-refractivity contribution in [1.82, 2.24) is 25.1 Å². The third-order valence-corrected chi connectivity index (χ3v) is 3.17. The van der Waals surface area contributed by atoms with Crippen molar-refractivity contribution < 1.29 is 4.79 Å². The Kier molecular flexibility index (Phi) is 3.83. The van der Waals surface area contributed by atoms with Crippen LogP contribution in [0.1, 0.15) is 38.4 Å². The molecule has 0 aromatic carbocycles. The molecule has 1 aliphatic heterocycles. The lowest BCUT2D eigenvalue weighted by Crippen LogP contribution is -2.40. The maximum atomic E-state index is 11.2. The smallest absolute Gasteiger partial charge is 0.188 e. The molecule has 1 aromatic rings. The van der Waals surface area contributed by atoms with Gasteiger partial charge in [-0.05, 0) is 31.5 Å². The van der Waals surface area contributed by atoms with E-state index in [4.69, 9.17) is 0 Å². The summed E-state index contributed by atoms with van der Waals surface area (Å²) in [7, 11) is 1.76. The van der Waals surface area contributed by atoms with Gasteiger partial charge in [-0.2, -0.15) is 4.80 Å². The van der Waals surface area contributed by atoms with Crippen LogP contribution in [-0.2, 0) is 18.4 Å². The van der Waals surface area contributed by atoms with Crippen LogP contribution in [0, 0.1) is 0 Å². The lowest BCUT2D eigenvalue weighted by molar-refractivity contribution is -0.118. The predicted molar refractivity (Wildman–Crippen MR) is 62.1 cm³/mol. The molecule has 0 amide bonds. The molecule has 2 rings (SSSR count). The number of hydrogen-bond acceptors (Lipinski definition) is 5. The van der Waals surface area contributed by atoms with Crippen molar-refractivity contribution in [3.8, 4) is 0 Å². The van der Waals surface area contributed by atoms with Crippen LogP contribution in [0.25, 0.3) is 0 Å². The summed E-state index contributed by atoms with van der Waals surface area (Å²) in [6, 6.07) is 0.352. The van der Waals surface area contributed by atoms with Crippen molar-refractivity contribution in [3.05, 3.63) is 5.82 Å². The zero-order valence-corrected chi connectivity index (χ0v) is 10.5. The summed E-state index contributed by atoms with van der Waals surface area (Å²) in [5.41, 5.74) is 0. The Bertz CT molecular complexity index is 389. The van der Waals surface area contributed by atoms with Crippen molar-refractivity contribution in [2.24, 2.45) is 7.05 Å². The molecular weight excluding hydrogens is 218 g/mol. The first-order valence-electron chi connectivity index (χ1n) is 6.11. The van der Waals surface area contributed by atoms with Crippen LogP contribution < -0.4 is 0 Å². The van der Waals surface area contributed by atoms with E-state index in [-0.39, 0.29) is 5.78 Å². The number of ketones is 1. The summed E-state index contributed by atoms with van der Waals surface area (Å²) in [4.78, 5) is 15.0. The molecular formula is C11H19N5O. The second-order valence-corrected chi connectivity index (χ2v) is 4.72. The number of carbonyl (C=O) groups excluding carboxylic acids is 1. The van der Waals surface area contributed by atoms with E-state index >= 15 is 0 Å². The van der Waals surface area contributed by atoms with Crippen LogP contribution in [0.3, 0.4) is 0 Å². The van der Waals surface area contributed by atoms with Gasteiger partial charge in [0.25, 0.3) is 0 Å². The highest BCUT2D eigenvalue weighted by molar-refractivity contribution is 5.76. The summed E-state index contributed by atoms with van der Waals surface area (Å²) < 4.78 is 0. The van der Waals surface area contributed by atoms with E-state index in [9.17, 15) is 4.79 Å². The first-order valence-corrected chi connectivity index (χ1v) is 6.11. The van der Waals surface area contributed by atoms with Gasteiger partial charge in [0.1, 0.15) is 5.78 Å². The highest BCUT2D eigenvalue weighted by Crippen LogP contribution is 2.21. The minimum absolute atomic E-state index is 0.258. The third kappa shape index (κ3) is 3.33. The maximum absolute atomic E-state index is 11.2. The largest absolute Gasteiger partial charge is 0.300 e. The van der Waals surface area contributed by atoms with Gasteiger partial charge in [0, 0.05) is 12.5 Å². The average molecular weight is 237 g/mol. The molecule has 6 heteroatoms. The minimum atomic E-state index is 0.258. The number of hydrogen-bond donors (Lipinski definition) is 0. The predicted octanol–water partition coefficient (Wildman–Crippen LogP) is 0.544. The SMILES string of the molecule is CC(=O)CC1CCCCN1Cc1nnn(C)n1. The fourth-order valence-electron chi connectivity index (χ4n) is 2.40. The van der Waals surface area contributed by atoms with Crippen LogP contribution in [0.15, 0.2) is 0 Å². The topological polar surface area (TPSA) is 63.9 Å². The molecule has 0 aliphatic carbocycles. The van der Waals surface area contributed by atoms with Gasteiger partial charge in [-0.15, -0.1) is 10.2 Å². The Morgan fingerprint density at radius 3 is 2.94 bits per heavy atom. The van der Waals surface area contributed by atoms with Crippen molar-refractivity contribution >= 4 is 5.78 Å². The van der Waals surface area contributed by atoms with Gasteiger partial charge < -0.3 is 0 Å². The van der Waals surface area contributed by atoms with Gasteiger partial charge in [-0.3, -0.25) is 9.69 Å².